The highest BCUT2D eigenvalue weighted by atomic mass is 35.5. The minimum atomic E-state index is -0.896. The van der Waals surface area contributed by atoms with E-state index in [0.29, 0.717) is 23.1 Å². The van der Waals surface area contributed by atoms with E-state index in [9.17, 15) is 9.00 Å². The number of hydrogen-bond acceptors (Lipinski definition) is 3. The van der Waals surface area contributed by atoms with Crippen LogP contribution in [0.1, 0.15) is 29.2 Å². The molecule has 148 valence electrons. The Bertz CT molecular complexity index is 1200. The lowest BCUT2D eigenvalue weighted by molar-refractivity contribution is 0.683. The first-order valence-corrected chi connectivity index (χ1v) is 11.3. The van der Waals surface area contributed by atoms with Crippen LogP contribution in [0.2, 0.25) is 5.02 Å². The van der Waals surface area contributed by atoms with Gasteiger partial charge in [-0.05, 0) is 34.9 Å². The van der Waals surface area contributed by atoms with Crippen LogP contribution in [-0.4, -0.2) is 20.2 Å². The Morgan fingerprint density at radius 2 is 1.83 bits per heavy atom. The maximum Gasteiger partial charge on any atom is 0.250 e. The SMILES string of the molecule is CCS(=O)Cc1ccc2c(c1)-c1cn(C)c(=O)cc1CN=C2c1ccc(Cl)cc1. The molecule has 0 bridgehead atoms. The zero-order chi connectivity index (χ0) is 20.5. The van der Waals surface area contributed by atoms with Gasteiger partial charge in [0.25, 0.3) is 5.56 Å². The zero-order valence-electron chi connectivity index (χ0n) is 16.3. The fourth-order valence-electron chi connectivity index (χ4n) is 3.54. The number of hydrogen-bond donors (Lipinski definition) is 0. The fourth-order valence-corrected chi connectivity index (χ4v) is 4.43. The Balaban J connectivity index is 1.94. The maximum absolute atomic E-state index is 12.2. The summed E-state index contributed by atoms with van der Waals surface area (Å²) in [5.41, 5.74) is 6.68. The molecule has 29 heavy (non-hydrogen) atoms. The topological polar surface area (TPSA) is 51.4 Å². The van der Waals surface area contributed by atoms with Gasteiger partial charge in [0.15, 0.2) is 0 Å². The molecule has 1 atom stereocenters. The average Bonchev–Trinajstić information content (AvgIpc) is 2.86. The molecule has 4 rings (SSSR count). The number of benzene rings is 2. The summed E-state index contributed by atoms with van der Waals surface area (Å²) >= 11 is 6.07. The molecule has 1 unspecified atom stereocenters. The molecule has 0 radical (unpaired) electrons. The summed E-state index contributed by atoms with van der Waals surface area (Å²) in [5.74, 6) is 1.14. The van der Waals surface area contributed by atoms with Crippen LogP contribution >= 0.6 is 11.6 Å². The highest BCUT2D eigenvalue weighted by Gasteiger charge is 2.20. The molecular weight excluding hydrogens is 404 g/mol. The van der Waals surface area contributed by atoms with E-state index in [1.807, 2.05) is 49.5 Å². The molecule has 2 aromatic carbocycles. The third-order valence-electron chi connectivity index (χ3n) is 5.12. The third-order valence-corrected chi connectivity index (χ3v) is 6.67. The van der Waals surface area contributed by atoms with Crippen molar-refractivity contribution in [3.05, 3.63) is 92.4 Å². The van der Waals surface area contributed by atoms with E-state index < -0.39 is 10.8 Å². The van der Waals surface area contributed by atoms with E-state index in [4.69, 9.17) is 16.6 Å². The molecule has 6 heteroatoms. The number of fused-ring (bicyclic) bond motifs is 3. The molecule has 3 aromatic rings. The average molecular weight is 425 g/mol. The zero-order valence-corrected chi connectivity index (χ0v) is 17.9. The van der Waals surface area contributed by atoms with E-state index in [2.05, 4.69) is 6.07 Å². The summed E-state index contributed by atoms with van der Waals surface area (Å²) in [6.45, 7) is 2.35. The van der Waals surface area contributed by atoms with Crippen LogP contribution in [0.5, 0.6) is 0 Å². The second kappa shape index (κ2) is 8.09. The van der Waals surface area contributed by atoms with E-state index in [-0.39, 0.29) is 5.56 Å². The van der Waals surface area contributed by atoms with Crippen LogP contribution in [0.25, 0.3) is 11.1 Å². The van der Waals surface area contributed by atoms with Crippen LogP contribution in [0.4, 0.5) is 0 Å². The first-order valence-electron chi connectivity index (χ1n) is 9.45. The molecule has 0 spiro atoms. The van der Waals surface area contributed by atoms with Crippen molar-refractivity contribution in [2.45, 2.75) is 19.2 Å². The van der Waals surface area contributed by atoms with Gasteiger partial charge in [-0.15, -0.1) is 0 Å². The smallest absolute Gasteiger partial charge is 0.250 e. The second-order valence-corrected chi connectivity index (χ2v) is 9.27. The minimum absolute atomic E-state index is 0.0568. The van der Waals surface area contributed by atoms with Crippen molar-refractivity contribution in [3.63, 3.8) is 0 Å². The van der Waals surface area contributed by atoms with E-state index in [0.717, 1.165) is 39.1 Å². The number of halogens is 1. The molecule has 1 aliphatic rings. The van der Waals surface area contributed by atoms with Crippen LogP contribution in [0.3, 0.4) is 0 Å². The number of pyridine rings is 1. The molecule has 2 heterocycles. The summed E-state index contributed by atoms with van der Waals surface area (Å²) in [4.78, 5) is 17.1. The molecule has 0 amide bonds. The van der Waals surface area contributed by atoms with Crippen molar-refractivity contribution in [2.24, 2.45) is 12.0 Å². The summed E-state index contributed by atoms with van der Waals surface area (Å²) in [6, 6.07) is 15.4. The minimum Gasteiger partial charge on any atom is -0.318 e. The van der Waals surface area contributed by atoms with Gasteiger partial charge in [-0.25, -0.2) is 0 Å². The number of rotatable bonds is 4. The first kappa shape index (κ1) is 19.8. The van der Waals surface area contributed by atoms with E-state index in [1.165, 1.54) is 0 Å². The van der Waals surface area contributed by atoms with Crippen LogP contribution < -0.4 is 5.56 Å². The van der Waals surface area contributed by atoms with Gasteiger partial charge in [0.2, 0.25) is 0 Å². The summed E-state index contributed by atoms with van der Waals surface area (Å²) < 4.78 is 13.7. The number of nitrogens with zero attached hydrogens (tertiary/aromatic N) is 2. The van der Waals surface area contributed by atoms with Crippen molar-refractivity contribution in [2.75, 3.05) is 5.75 Å². The van der Waals surface area contributed by atoms with Gasteiger partial charge in [0, 0.05) is 63.3 Å². The molecule has 0 saturated carbocycles. The van der Waals surface area contributed by atoms with Crippen molar-refractivity contribution < 1.29 is 4.21 Å². The standard InChI is InChI=1S/C23H21ClN2O2S/c1-3-29(28)14-15-4-9-19-20(10-15)21-13-26(2)22(27)11-17(21)12-25-23(19)16-5-7-18(24)8-6-16/h4-11,13H,3,12,14H2,1-2H3. The highest BCUT2D eigenvalue weighted by molar-refractivity contribution is 7.84. The lowest BCUT2D eigenvalue weighted by Crippen LogP contribution is -2.16. The van der Waals surface area contributed by atoms with E-state index in [1.54, 1.807) is 17.7 Å². The summed E-state index contributed by atoms with van der Waals surface area (Å²) in [5, 5.41) is 0.673. The van der Waals surface area contributed by atoms with Gasteiger partial charge in [-0.2, -0.15) is 0 Å². The van der Waals surface area contributed by atoms with Crippen molar-refractivity contribution in [3.8, 4) is 11.1 Å². The molecular formula is C23H21ClN2O2S. The van der Waals surface area contributed by atoms with Gasteiger partial charge in [-0.1, -0.05) is 42.8 Å². The monoisotopic (exact) mass is 424 g/mol. The van der Waals surface area contributed by atoms with Crippen LogP contribution in [0, 0.1) is 0 Å². The highest BCUT2D eigenvalue weighted by Crippen LogP contribution is 2.33. The Morgan fingerprint density at radius 1 is 1.07 bits per heavy atom. The molecule has 0 aliphatic carbocycles. The molecule has 1 aromatic heterocycles. The number of aliphatic imine (C=N–C) groups is 1. The predicted molar refractivity (Wildman–Crippen MR) is 120 cm³/mol. The molecule has 0 saturated heterocycles. The molecule has 0 N–H and O–H groups in total. The Morgan fingerprint density at radius 3 is 2.55 bits per heavy atom. The first-order chi connectivity index (χ1) is 14.0. The Hall–Kier alpha value is -2.50. The van der Waals surface area contributed by atoms with Gasteiger partial charge >= 0.3 is 0 Å². The van der Waals surface area contributed by atoms with Gasteiger partial charge in [0.05, 0.1) is 12.3 Å². The van der Waals surface area contributed by atoms with Gasteiger partial charge < -0.3 is 4.57 Å². The normalized spacial score (nSPS) is 13.8. The summed E-state index contributed by atoms with van der Waals surface area (Å²) in [6.07, 6.45) is 1.87. The molecule has 4 nitrogen and oxygen atoms in total. The predicted octanol–water partition coefficient (Wildman–Crippen LogP) is 4.33. The van der Waals surface area contributed by atoms with Gasteiger partial charge in [0.1, 0.15) is 0 Å². The number of aromatic nitrogens is 1. The maximum atomic E-state index is 12.2. The lowest BCUT2D eigenvalue weighted by atomic mass is 9.92. The fraction of sp³-hybridized carbons (Fsp3) is 0.217. The quantitative estimate of drug-likeness (QED) is 0.626. The van der Waals surface area contributed by atoms with Crippen LogP contribution in [-0.2, 0) is 30.1 Å². The van der Waals surface area contributed by atoms with Crippen molar-refractivity contribution in [1.29, 1.82) is 0 Å². The second-order valence-electron chi connectivity index (χ2n) is 7.09. The Kier molecular flexibility index (Phi) is 5.52. The Labute approximate surface area is 177 Å². The van der Waals surface area contributed by atoms with Crippen molar-refractivity contribution >= 4 is 28.1 Å². The molecule has 1 aliphatic heterocycles. The molecule has 0 fully saturated rings. The van der Waals surface area contributed by atoms with Gasteiger partial charge in [-0.3, -0.25) is 14.0 Å². The summed E-state index contributed by atoms with van der Waals surface area (Å²) in [7, 11) is 0.858. The third kappa shape index (κ3) is 3.98. The lowest BCUT2D eigenvalue weighted by Gasteiger charge is -2.14. The van der Waals surface area contributed by atoms with Crippen LogP contribution in [0.15, 0.2) is 64.5 Å². The van der Waals surface area contributed by atoms with E-state index >= 15 is 0 Å². The van der Waals surface area contributed by atoms with Crippen molar-refractivity contribution in [1.82, 2.24) is 4.57 Å². The number of aryl methyl sites for hydroxylation is 1. The largest absolute Gasteiger partial charge is 0.318 e.